The Kier molecular flexibility index (Phi) is 6.55. The van der Waals surface area contributed by atoms with Crippen LogP contribution in [-0.2, 0) is 0 Å². The Balaban J connectivity index is 1.24. The van der Waals surface area contributed by atoms with Crippen molar-refractivity contribution < 1.29 is 8.83 Å². The summed E-state index contributed by atoms with van der Waals surface area (Å²) in [7, 11) is 0. The van der Waals surface area contributed by atoms with Crippen LogP contribution in [0.2, 0.25) is 0 Å². The number of benzene rings is 9. The van der Waals surface area contributed by atoms with Crippen LogP contribution in [0.25, 0.3) is 87.7 Å². The number of anilines is 3. The topological polar surface area (TPSA) is 29.5 Å². The molecule has 2 aromatic heterocycles. The Morgan fingerprint density at radius 3 is 1.19 bits per heavy atom. The first kappa shape index (κ1) is 29.6. The molecule has 0 atom stereocenters. The van der Waals surface area contributed by atoms with E-state index in [1.807, 2.05) is 0 Å². The van der Waals surface area contributed by atoms with Gasteiger partial charge in [-0.15, -0.1) is 0 Å². The molecule has 0 saturated carbocycles. The average Bonchev–Trinajstić information content (AvgIpc) is 3.83. The lowest BCUT2D eigenvalue weighted by molar-refractivity contribution is 0.667. The van der Waals surface area contributed by atoms with E-state index in [9.17, 15) is 0 Å². The van der Waals surface area contributed by atoms with Gasteiger partial charge in [-0.25, -0.2) is 0 Å². The quantitative estimate of drug-likeness (QED) is 0.182. The third-order valence-corrected chi connectivity index (χ3v) is 10.6. The second-order valence-electron chi connectivity index (χ2n) is 13.6. The third kappa shape index (κ3) is 4.54. The van der Waals surface area contributed by atoms with Gasteiger partial charge in [-0.1, -0.05) is 152 Å². The Morgan fingerprint density at radius 1 is 0.321 bits per heavy atom. The van der Waals surface area contributed by atoms with Crippen LogP contribution in [0.5, 0.6) is 0 Å². The number of para-hydroxylation sites is 3. The second kappa shape index (κ2) is 11.7. The summed E-state index contributed by atoms with van der Waals surface area (Å²) in [6.07, 6.45) is 0. The SMILES string of the molecule is c1ccc(-c2cc3ccccc3c3c2oc2c(N(c4ccccc4)c4cccc5c4oc4c(-c6ccccc6)cc6ccccc6c45)cccc23)cc1. The van der Waals surface area contributed by atoms with Crippen LogP contribution < -0.4 is 4.90 Å². The van der Waals surface area contributed by atoms with Gasteiger partial charge >= 0.3 is 0 Å². The average molecular weight is 678 g/mol. The highest BCUT2D eigenvalue weighted by molar-refractivity contribution is 6.26. The van der Waals surface area contributed by atoms with Gasteiger partial charge in [-0.2, -0.15) is 0 Å². The molecular formula is C50H31NO2. The fourth-order valence-corrected chi connectivity index (χ4v) is 8.27. The number of hydrogen-bond donors (Lipinski definition) is 0. The first-order valence-electron chi connectivity index (χ1n) is 18.0. The van der Waals surface area contributed by atoms with Gasteiger partial charge in [0.2, 0.25) is 0 Å². The lowest BCUT2D eigenvalue weighted by atomic mass is 9.96. The second-order valence-corrected chi connectivity index (χ2v) is 13.6. The molecule has 0 aliphatic rings. The number of furan rings is 2. The van der Waals surface area contributed by atoms with Gasteiger partial charge in [-0.05, 0) is 69.1 Å². The highest BCUT2D eigenvalue weighted by atomic mass is 16.3. The molecule has 0 spiro atoms. The van der Waals surface area contributed by atoms with E-state index in [1.54, 1.807) is 0 Å². The summed E-state index contributed by atoms with van der Waals surface area (Å²) in [5.74, 6) is 0. The maximum atomic E-state index is 7.13. The number of nitrogens with zero attached hydrogens (tertiary/aromatic N) is 1. The Labute approximate surface area is 305 Å². The zero-order valence-electron chi connectivity index (χ0n) is 28.7. The minimum atomic E-state index is 0.823. The lowest BCUT2D eigenvalue weighted by Crippen LogP contribution is -2.10. The van der Waals surface area contributed by atoms with Crippen LogP contribution in [0.4, 0.5) is 17.1 Å². The first-order valence-corrected chi connectivity index (χ1v) is 18.0. The highest BCUT2D eigenvalue weighted by Gasteiger charge is 2.26. The van der Waals surface area contributed by atoms with Gasteiger partial charge in [0, 0.05) is 38.4 Å². The van der Waals surface area contributed by atoms with Crippen molar-refractivity contribution in [2.45, 2.75) is 0 Å². The van der Waals surface area contributed by atoms with Crippen LogP contribution in [0.1, 0.15) is 0 Å². The van der Waals surface area contributed by atoms with Crippen LogP contribution >= 0.6 is 0 Å². The molecule has 53 heavy (non-hydrogen) atoms. The van der Waals surface area contributed by atoms with E-state index >= 15 is 0 Å². The van der Waals surface area contributed by atoms with E-state index in [4.69, 9.17) is 8.83 Å². The number of fused-ring (bicyclic) bond motifs is 10. The lowest BCUT2D eigenvalue weighted by Gasteiger charge is -2.25. The predicted molar refractivity (Wildman–Crippen MR) is 222 cm³/mol. The molecule has 0 amide bonds. The van der Waals surface area contributed by atoms with E-state index in [0.717, 1.165) is 83.2 Å². The number of rotatable bonds is 5. The number of hydrogen-bond acceptors (Lipinski definition) is 3. The van der Waals surface area contributed by atoms with Gasteiger partial charge in [0.25, 0.3) is 0 Å². The largest absolute Gasteiger partial charge is 0.453 e. The fraction of sp³-hybridized carbons (Fsp3) is 0. The maximum Gasteiger partial charge on any atom is 0.159 e. The van der Waals surface area contributed by atoms with Gasteiger partial charge < -0.3 is 13.7 Å². The molecule has 0 fully saturated rings. The monoisotopic (exact) mass is 677 g/mol. The Morgan fingerprint density at radius 2 is 0.717 bits per heavy atom. The fourth-order valence-electron chi connectivity index (χ4n) is 8.27. The smallest absolute Gasteiger partial charge is 0.159 e. The van der Waals surface area contributed by atoms with E-state index in [2.05, 4.69) is 193 Å². The highest BCUT2D eigenvalue weighted by Crippen LogP contribution is 2.49. The zero-order chi connectivity index (χ0) is 34.9. The minimum absolute atomic E-state index is 0.823. The van der Waals surface area contributed by atoms with Crippen molar-refractivity contribution in [1.29, 1.82) is 0 Å². The predicted octanol–water partition coefficient (Wildman–Crippen LogP) is 14.6. The molecule has 0 bridgehead atoms. The van der Waals surface area contributed by atoms with Crippen LogP contribution in [0.15, 0.2) is 197 Å². The first-order chi connectivity index (χ1) is 26.3. The van der Waals surface area contributed by atoms with Crippen molar-refractivity contribution in [2.75, 3.05) is 4.90 Å². The van der Waals surface area contributed by atoms with Crippen molar-refractivity contribution in [3.63, 3.8) is 0 Å². The molecule has 0 N–H and O–H groups in total. The summed E-state index contributed by atoms with van der Waals surface area (Å²) in [6.45, 7) is 0. The standard InChI is InChI=1S/C50H31NO2/c1-4-16-32(17-5-1)41-30-34-20-10-12-24-37(34)45-39-26-14-28-43(47(39)52-49(41)45)51(36-22-8-3-9-23-36)44-29-15-27-40-46-38-25-13-11-21-35(38)31-42(50(46)53-48(40)44)33-18-6-2-7-19-33/h1-31H. The van der Waals surface area contributed by atoms with Crippen molar-refractivity contribution in [3.05, 3.63) is 188 Å². The molecule has 11 aromatic rings. The van der Waals surface area contributed by atoms with E-state index in [0.29, 0.717) is 0 Å². The molecule has 11 rings (SSSR count). The molecule has 0 aliphatic heterocycles. The summed E-state index contributed by atoms with van der Waals surface area (Å²) < 4.78 is 14.3. The Hall–Kier alpha value is -7.10. The van der Waals surface area contributed by atoms with Crippen molar-refractivity contribution in [3.8, 4) is 22.3 Å². The summed E-state index contributed by atoms with van der Waals surface area (Å²) in [5, 5.41) is 9.08. The molecule has 3 heteroatoms. The molecule has 3 nitrogen and oxygen atoms in total. The molecule has 0 aliphatic carbocycles. The van der Waals surface area contributed by atoms with Crippen molar-refractivity contribution in [1.82, 2.24) is 0 Å². The third-order valence-electron chi connectivity index (χ3n) is 10.6. The summed E-state index contributed by atoms with van der Waals surface area (Å²) in [5.41, 5.74) is 10.7. The van der Waals surface area contributed by atoms with Gasteiger partial charge in [-0.3, -0.25) is 0 Å². The summed E-state index contributed by atoms with van der Waals surface area (Å²) in [4.78, 5) is 2.30. The van der Waals surface area contributed by atoms with E-state index in [1.165, 1.54) is 21.5 Å². The van der Waals surface area contributed by atoms with Gasteiger partial charge in [0.1, 0.15) is 11.2 Å². The van der Waals surface area contributed by atoms with E-state index in [-0.39, 0.29) is 0 Å². The molecule has 248 valence electrons. The summed E-state index contributed by atoms with van der Waals surface area (Å²) in [6, 6.07) is 66.3. The molecule has 9 aromatic carbocycles. The minimum Gasteiger partial charge on any atom is -0.453 e. The van der Waals surface area contributed by atoms with Crippen LogP contribution in [0, 0.1) is 0 Å². The molecular weight excluding hydrogens is 647 g/mol. The van der Waals surface area contributed by atoms with Crippen LogP contribution in [0.3, 0.4) is 0 Å². The molecule has 0 saturated heterocycles. The molecule has 0 radical (unpaired) electrons. The molecule has 2 heterocycles. The van der Waals surface area contributed by atoms with Gasteiger partial charge in [0.15, 0.2) is 11.2 Å². The zero-order valence-corrected chi connectivity index (χ0v) is 28.7. The molecule has 0 unspecified atom stereocenters. The Bertz CT molecular complexity index is 2960. The van der Waals surface area contributed by atoms with E-state index < -0.39 is 0 Å². The van der Waals surface area contributed by atoms with Crippen molar-refractivity contribution >= 4 is 82.5 Å². The van der Waals surface area contributed by atoms with Crippen LogP contribution in [-0.4, -0.2) is 0 Å². The summed E-state index contributed by atoms with van der Waals surface area (Å²) >= 11 is 0. The normalized spacial score (nSPS) is 11.8. The maximum absolute atomic E-state index is 7.13. The van der Waals surface area contributed by atoms with Crippen molar-refractivity contribution in [2.24, 2.45) is 0 Å². The van der Waals surface area contributed by atoms with Gasteiger partial charge in [0.05, 0.1) is 11.4 Å².